The second kappa shape index (κ2) is 11.7. The van der Waals surface area contributed by atoms with Gasteiger partial charge in [-0.05, 0) is 87.4 Å². The molecule has 0 saturated heterocycles. The lowest BCUT2D eigenvalue weighted by Crippen LogP contribution is -2.39. The van der Waals surface area contributed by atoms with Gasteiger partial charge in [0, 0.05) is 22.0 Å². The van der Waals surface area contributed by atoms with E-state index < -0.39 is 22.5 Å². The summed E-state index contributed by atoms with van der Waals surface area (Å²) in [5.74, 6) is -0.586. The molecule has 0 aliphatic carbocycles. The standard InChI is InChI=1S/C29H28Cl2N4O3S/c1-19-12-20(2)14-25(13-19)34(39(37,38)26-8-6-5-7-9-26)18-29(36)33-32-17-23-15-21(3)35(22(23)4)28-16-24(30)10-11-27(28)31/h5-17H,18H2,1-4H3,(H,33,36)/b32-17-. The third-order valence-electron chi connectivity index (χ3n) is 6.13. The Labute approximate surface area is 238 Å². The van der Waals surface area contributed by atoms with Gasteiger partial charge in [0.2, 0.25) is 0 Å². The number of hydrogen-bond donors (Lipinski definition) is 1. The molecule has 0 spiro atoms. The van der Waals surface area contributed by atoms with E-state index in [0.717, 1.165) is 38.1 Å². The van der Waals surface area contributed by atoms with E-state index in [1.165, 1.54) is 18.3 Å². The molecule has 0 radical (unpaired) electrons. The summed E-state index contributed by atoms with van der Waals surface area (Å²) in [7, 11) is -4.01. The fraction of sp³-hybridized carbons (Fsp3) is 0.172. The minimum atomic E-state index is -4.01. The molecule has 202 valence electrons. The van der Waals surface area contributed by atoms with E-state index in [1.807, 2.05) is 44.4 Å². The van der Waals surface area contributed by atoms with Crippen molar-refractivity contribution in [2.24, 2.45) is 5.10 Å². The maximum absolute atomic E-state index is 13.5. The van der Waals surface area contributed by atoms with Crippen molar-refractivity contribution < 1.29 is 13.2 Å². The van der Waals surface area contributed by atoms with E-state index in [1.54, 1.807) is 48.5 Å². The molecule has 0 aliphatic heterocycles. The predicted molar refractivity (Wildman–Crippen MR) is 158 cm³/mol. The number of hydrogen-bond acceptors (Lipinski definition) is 4. The van der Waals surface area contributed by atoms with Crippen molar-refractivity contribution >= 4 is 51.0 Å². The smallest absolute Gasteiger partial charge is 0.264 e. The number of nitrogens with one attached hydrogen (secondary N) is 1. The first-order chi connectivity index (χ1) is 18.5. The van der Waals surface area contributed by atoms with E-state index >= 15 is 0 Å². The molecule has 0 bridgehead atoms. The van der Waals surface area contributed by atoms with Crippen LogP contribution in [0.2, 0.25) is 10.0 Å². The number of rotatable bonds is 8. The SMILES string of the molecule is Cc1cc(C)cc(N(CC(=O)N/N=C\c2cc(C)n(-c3cc(Cl)ccc3Cl)c2C)S(=O)(=O)c2ccccc2)c1. The van der Waals surface area contributed by atoms with Crippen LogP contribution in [0.5, 0.6) is 0 Å². The number of nitrogens with zero attached hydrogens (tertiary/aromatic N) is 3. The van der Waals surface area contributed by atoms with Crippen molar-refractivity contribution in [3.05, 3.63) is 111 Å². The van der Waals surface area contributed by atoms with Crippen LogP contribution >= 0.6 is 23.2 Å². The average molecular weight is 584 g/mol. The Morgan fingerprint density at radius 1 is 0.949 bits per heavy atom. The molecule has 39 heavy (non-hydrogen) atoms. The molecule has 0 saturated carbocycles. The normalized spacial score (nSPS) is 11.6. The average Bonchev–Trinajstić information content (AvgIpc) is 3.16. The van der Waals surface area contributed by atoms with Crippen molar-refractivity contribution in [3.63, 3.8) is 0 Å². The highest BCUT2D eigenvalue weighted by molar-refractivity contribution is 7.92. The Morgan fingerprint density at radius 3 is 2.28 bits per heavy atom. The first-order valence-corrected chi connectivity index (χ1v) is 14.3. The number of sulfonamides is 1. The molecule has 1 heterocycles. The zero-order valence-electron chi connectivity index (χ0n) is 21.9. The molecule has 10 heteroatoms. The van der Waals surface area contributed by atoms with Gasteiger partial charge in [-0.25, -0.2) is 13.8 Å². The molecular formula is C29H28Cl2N4O3S. The van der Waals surface area contributed by atoms with Crippen LogP contribution in [0, 0.1) is 27.7 Å². The van der Waals surface area contributed by atoms with Gasteiger partial charge >= 0.3 is 0 Å². The van der Waals surface area contributed by atoms with Gasteiger partial charge in [0.15, 0.2) is 0 Å². The lowest BCUT2D eigenvalue weighted by atomic mass is 10.1. The van der Waals surface area contributed by atoms with Gasteiger partial charge in [-0.15, -0.1) is 0 Å². The summed E-state index contributed by atoms with van der Waals surface area (Å²) in [6, 6.07) is 20.6. The highest BCUT2D eigenvalue weighted by Gasteiger charge is 2.27. The first kappa shape index (κ1) is 28.4. The third kappa shape index (κ3) is 6.36. The molecule has 4 rings (SSSR count). The van der Waals surface area contributed by atoms with E-state index in [9.17, 15) is 13.2 Å². The molecule has 0 unspecified atom stereocenters. The quantitative estimate of drug-likeness (QED) is 0.194. The minimum Gasteiger partial charge on any atom is -0.316 e. The Kier molecular flexibility index (Phi) is 8.49. The van der Waals surface area contributed by atoms with Crippen LogP contribution in [0.1, 0.15) is 28.1 Å². The first-order valence-electron chi connectivity index (χ1n) is 12.1. The number of hydrazone groups is 1. The van der Waals surface area contributed by atoms with Crippen LogP contribution in [-0.4, -0.2) is 31.7 Å². The number of anilines is 1. The number of halogens is 2. The van der Waals surface area contributed by atoms with E-state index in [-0.39, 0.29) is 4.90 Å². The lowest BCUT2D eigenvalue weighted by molar-refractivity contribution is -0.119. The fourth-order valence-electron chi connectivity index (χ4n) is 4.42. The molecule has 1 N–H and O–H groups in total. The van der Waals surface area contributed by atoms with Crippen LogP contribution in [0.25, 0.3) is 5.69 Å². The topological polar surface area (TPSA) is 83.8 Å². The largest absolute Gasteiger partial charge is 0.316 e. The Balaban J connectivity index is 1.58. The Morgan fingerprint density at radius 2 is 1.62 bits per heavy atom. The van der Waals surface area contributed by atoms with Gasteiger partial charge in [0.05, 0.1) is 27.5 Å². The zero-order chi connectivity index (χ0) is 28.3. The van der Waals surface area contributed by atoms with Gasteiger partial charge in [-0.2, -0.15) is 5.10 Å². The highest BCUT2D eigenvalue weighted by atomic mass is 35.5. The number of benzene rings is 3. The maximum Gasteiger partial charge on any atom is 0.264 e. The number of amides is 1. The second-order valence-electron chi connectivity index (χ2n) is 9.22. The van der Waals surface area contributed by atoms with Gasteiger partial charge in [-0.3, -0.25) is 9.10 Å². The summed E-state index contributed by atoms with van der Waals surface area (Å²) in [5, 5.41) is 5.21. The zero-order valence-corrected chi connectivity index (χ0v) is 24.3. The number of carbonyl (C=O) groups excluding carboxylic acids is 1. The van der Waals surface area contributed by atoms with Crippen molar-refractivity contribution in [1.29, 1.82) is 0 Å². The predicted octanol–water partition coefficient (Wildman–Crippen LogP) is 6.36. The third-order valence-corrected chi connectivity index (χ3v) is 8.47. The molecule has 0 aliphatic rings. The highest BCUT2D eigenvalue weighted by Crippen LogP contribution is 2.29. The van der Waals surface area contributed by atoms with Crippen molar-refractivity contribution in [1.82, 2.24) is 9.99 Å². The molecule has 4 aromatic rings. The van der Waals surface area contributed by atoms with Gasteiger partial charge in [0.25, 0.3) is 15.9 Å². The van der Waals surface area contributed by atoms with Crippen LogP contribution in [0.3, 0.4) is 0 Å². The van der Waals surface area contributed by atoms with Gasteiger partial charge in [-0.1, -0.05) is 47.5 Å². The Bertz CT molecular complexity index is 1650. The molecule has 0 fully saturated rings. The van der Waals surface area contributed by atoms with Gasteiger partial charge < -0.3 is 4.57 Å². The molecule has 7 nitrogen and oxygen atoms in total. The molecule has 0 atom stereocenters. The summed E-state index contributed by atoms with van der Waals surface area (Å²) in [5.41, 5.74) is 7.87. The van der Waals surface area contributed by atoms with Crippen molar-refractivity contribution in [2.75, 3.05) is 10.8 Å². The summed E-state index contributed by atoms with van der Waals surface area (Å²) in [6.45, 7) is 7.13. The molecule has 3 aromatic carbocycles. The monoisotopic (exact) mass is 582 g/mol. The van der Waals surface area contributed by atoms with E-state index in [4.69, 9.17) is 23.2 Å². The molecule has 1 amide bonds. The van der Waals surface area contributed by atoms with Gasteiger partial charge in [0.1, 0.15) is 6.54 Å². The minimum absolute atomic E-state index is 0.0903. The summed E-state index contributed by atoms with van der Waals surface area (Å²) in [4.78, 5) is 13.0. The summed E-state index contributed by atoms with van der Waals surface area (Å²) < 4.78 is 30.1. The summed E-state index contributed by atoms with van der Waals surface area (Å²) in [6.07, 6.45) is 1.52. The second-order valence-corrected chi connectivity index (χ2v) is 11.9. The number of carbonyl (C=O) groups is 1. The van der Waals surface area contributed by atoms with Crippen LogP contribution < -0.4 is 9.73 Å². The fourth-order valence-corrected chi connectivity index (χ4v) is 6.21. The molecular weight excluding hydrogens is 555 g/mol. The van der Waals surface area contributed by atoms with E-state index in [0.29, 0.717) is 15.7 Å². The van der Waals surface area contributed by atoms with Crippen LogP contribution in [0.4, 0.5) is 5.69 Å². The van der Waals surface area contributed by atoms with Crippen molar-refractivity contribution in [2.45, 2.75) is 32.6 Å². The Hall–Kier alpha value is -3.59. The van der Waals surface area contributed by atoms with Crippen molar-refractivity contribution in [3.8, 4) is 5.69 Å². The molecule has 1 aromatic heterocycles. The number of aryl methyl sites for hydroxylation is 3. The van der Waals surface area contributed by atoms with E-state index in [2.05, 4.69) is 10.5 Å². The number of aromatic nitrogens is 1. The lowest BCUT2D eigenvalue weighted by Gasteiger charge is -2.24. The maximum atomic E-state index is 13.5. The van der Waals surface area contributed by atoms with Crippen LogP contribution in [-0.2, 0) is 14.8 Å². The summed E-state index contributed by atoms with van der Waals surface area (Å²) >= 11 is 12.6. The van der Waals surface area contributed by atoms with Crippen LogP contribution in [0.15, 0.2) is 82.8 Å².